The fourth-order valence-corrected chi connectivity index (χ4v) is 24.7. The maximum absolute atomic E-state index is 15.1. The summed E-state index contributed by atoms with van der Waals surface area (Å²) in [6.07, 6.45) is -30.1. The second-order valence-corrected chi connectivity index (χ2v) is 44.1. The van der Waals surface area contributed by atoms with Crippen LogP contribution in [-0.2, 0) is 181 Å². The molecule has 2 N–H and O–H groups in total. The quantitative estimate of drug-likeness (QED) is 0.0118. The van der Waals surface area contributed by atoms with Gasteiger partial charge in [0, 0.05) is 40.2 Å². The van der Waals surface area contributed by atoms with Crippen LogP contribution in [0.15, 0.2) is 303 Å². The van der Waals surface area contributed by atoms with Gasteiger partial charge in [-0.3, -0.25) is 24.0 Å². The summed E-state index contributed by atoms with van der Waals surface area (Å²) < 4.78 is 160. The van der Waals surface area contributed by atoms with Crippen molar-refractivity contribution in [1.82, 2.24) is 10.6 Å². The van der Waals surface area contributed by atoms with Crippen molar-refractivity contribution < 1.29 is 128 Å². The van der Waals surface area contributed by atoms with Crippen molar-refractivity contribution in [3.05, 3.63) is 348 Å². The summed E-state index contributed by atoms with van der Waals surface area (Å²) in [5.41, 5.74) is 6.53. The molecule has 25 atom stereocenters. The fraction of sp³-hybridized carbons (Fsp3) is 0.449. The first-order valence-electron chi connectivity index (χ1n) is 51.6. The third-order valence-electron chi connectivity index (χ3n) is 26.9. The van der Waals surface area contributed by atoms with Crippen molar-refractivity contribution in [2.24, 2.45) is 0 Å². The van der Waals surface area contributed by atoms with Gasteiger partial charge in [-0.1, -0.05) is 337 Å². The third kappa shape index (κ3) is 31.7. The number of ether oxygens (including phenoxy) is 21. The number of carbonyl (C=O) groups is 5. The van der Waals surface area contributed by atoms with Crippen molar-refractivity contribution in [2.45, 2.75) is 299 Å². The van der Waals surface area contributed by atoms with E-state index in [1.165, 1.54) is 20.8 Å². The molecule has 5 aliphatic heterocycles. The van der Waals surface area contributed by atoms with Crippen LogP contribution in [0.1, 0.15) is 133 Å². The molecule has 802 valence electrons. The van der Waals surface area contributed by atoms with Crippen LogP contribution >= 0.6 is 23.2 Å². The molecular formula is C118H140Cl2N2O27Si. The third-order valence-corrected chi connectivity index (χ3v) is 32.4. The predicted molar refractivity (Wildman–Crippen MR) is 562 cm³/mol. The Labute approximate surface area is 890 Å². The van der Waals surface area contributed by atoms with Crippen LogP contribution in [0.4, 0.5) is 0 Å². The number of rotatable bonds is 52. The Morgan fingerprint density at radius 2 is 0.607 bits per heavy atom. The van der Waals surface area contributed by atoms with Crippen LogP contribution in [0, 0.1) is 0 Å². The first-order valence-corrected chi connectivity index (χ1v) is 54.6. The molecule has 0 aliphatic carbocycles. The summed E-state index contributed by atoms with van der Waals surface area (Å²) in [6, 6.07) is 93.2. The van der Waals surface area contributed by atoms with E-state index in [1.54, 1.807) is 0 Å². The highest BCUT2D eigenvalue weighted by molar-refractivity contribution is 6.99. The zero-order chi connectivity index (χ0) is 105. The van der Waals surface area contributed by atoms with E-state index in [1.807, 2.05) is 317 Å². The normalized spacial score (nSPS) is 27.0. The van der Waals surface area contributed by atoms with Crippen LogP contribution in [0.25, 0.3) is 0 Å². The molecule has 29 nitrogen and oxygen atoms in total. The Balaban J connectivity index is 0.905. The molecule has 15 rings (SSSR count). The minimum atomic E-state index is -3.77. The molecule has 0 spiro atoms. The molecule has 0 bridgehead atoms. The number of hydrogen-bond donors (Lipinski definition) is 2. The van der Waals surface area contributed by atoms with Gasteiger partial charge in [0.1, 0.15) is 97.3 Å². The first-order chi connectivity index (χ1) is 73.0. The second kappa shape index (κ2) is 57.5. The average molecular weight is 2120 g/mol. The molecule has 10 aromatic rings. The number of esters is 3. The van der Waals surface area contributed by atoms with E-state index in [0.717, 1.165) is 74.6 Å². The van der Waals surface area contributed by atoms with Crippen molar-refractivity contribution in [3.63, 3.8) is 0 Å². The highest BCUT2D eigenvalue weighted by Gasteiger charge is 2.63. The lowest BCUT2D eigenvalue weighted by Gasteiger charge is -2.53. The van der Waals surface area contributed by atoms with Gasteiger partial charge in [0.2, 0.25) is 11.8 Å². The smallest absolute Gasteiger partial charge is 0.303 e. The summed E-state index contributed by atoms with van der Waals surface area (Å²) in [4.78, 5) is 74.6. The van der Waals surface area contributed by atoms with Crippen molar-refractivity contribution in [1.29, 1.82) is 0 Å². The lowest BCUT2D eigenvalue weighted by atomic mass is 9.93. The van der Waals surface area contributed by atoms with Crippen LogP contribution < -0.4 is 21.0 Å². The minimum Gasteiger partial charge on any atom is -0.457 e. The predicted octanol–water partition coefficient (Wildman–Crippen LogP) is 16.6. The maximum Gasteiger partial charge on any atom is 0.303 e. The Kier molecular flexibility index (Phi) is 43.6. The van der Waals surface area contributed by atoms with E-state index >= 15 is 9.59 Å². The van der Waals surface area contributed by atoms with E-state index in [0.29, 0.717) is 18.7 Å². The summed E-state index contributed by atoms with van der Waals surface area (Å²) in [6.45, 7) is 14.2. The molecule has 2 amide bonds. The van der Waals surface area contributed by atoms with Crippen molar-refractivity contribution in [2.75, 3.05) is 38.2 Å². The van der Waals surface area contributed by atoms with E-state index in [9.17, 15) is 14.4 Å². The Hall–Kier alpha value is -10.4. The molecule has 0 aromatic heterocycles. The van der Waals surface area contributed by atoms with Gasteiger partial charge < -0.3 is 115 Å². The van der Waals surface area contributed by atoms with Crippen molar-refractivity contribution in [3.8, 4) is 0 Å². The number of carbonyl (C=O) groups excluding carboxylic acids is 5. The molecular weight excluding hydrogens is 1980 g/mol. The molecule has 5 saturated heterocycles. The summed E-state index contributed by atoms with van der Waals surface area (Å²) in [7, 11) is -3.77. The second-order valence-electron chi connectivity index (χ2n) is 39.1. The summed E-state index contributed by atoms with van der Waals surface area (Å²) >= 11 is 13.0. The van der Waals surface area contributed by atoms with Gasteiger partial charge in [0.05, 0.1) is 84.9 Å². The summed E-state index contributed by atoms with van der Waals surface area (Å²) in [5, 5.41) is 7.15. The molecule has 5 heterocycles. The minimum absolute atomic E-state index is 0.00360. The lowest BCUT2D eigenvalue weighted by Crippen LogP contribution is -2.72. The monoisotopic (exact) mass is 2110 g/mol. The molecule has 32 heteroatoms. The Morgan fingerprint density at radius 3 is 0.980 bits per heavy atom. The van der Waals surface area contributed by atoms with Crippen molar-refractivity contribution >= 4 is 71.6 Å². The first kappa shape index (κ1) is 114. The Bertz CT molecular complexity index is 5630. The van der Waals surface area contributed by atoms with Gasteiger partial charge in [0.15, 0.2) is 49.8 Å². The molecule has 150 heavy (non-hydrogen) atoms. The molecule has 5 fully saturated rings. The number of amides is 2. The zero-order valence-corrected chi connectivity index (χ0v) is 88.8. The van der Waals surface area contributed by atoms with Gasteiger partial charge >= 0.3 is 17.9 Å². The van der Waals surface area contributed by atoms with E-state index in [-0.39, 0.29) is 66.1 Å². The largest absolute Gasteiger partial charge is 0.457 e. The van der Waals surface area contributed by atoms with E-state index < -0.39 is 216 Å². The highest BCUT2D eigenvalue weighted by atomic mass is 35.5. The number of nitrogens with one attached hydrogen (secondary N) is 2. The molecule has 5 aliphatic rings. The van der Waals surface area contributed by atoms with Gasteiger partial charge in [-0.2, -0.15) is 0 Å². The number of alkyl halides is 2. The number of hydrogen-bond acceptors (Lipinski definition) is 27. The molecule has 0 saturated carbocycles. The van der Waals surface area contributed by atoms with Gasteiger partial charge in [-0.15, -0.1) is 23.2 Å². The SMILES string of the molecule is CC(=O)N[C@H]1[C@H](OCCCCCCCl)O[C@H](COCc2ccccc2)[C@@H](O[C@@H]2O[C@H](CO[Si](c3ccccc3)(c3ccccc3)C(C)(C)C)[C@H](OC(C)=O)[C@H](O[C@@H]3O[C@H](COCc4ccccc4)[C@@H](O[C@@H]4O[C@@H](C)[C@@H](OCc5ccccc5)[C@@H](OCc5ccccc5)[C@@H]4OCc4ccccc4)[C@H](OC(C)=O)[C@H]3NC(=O)CCl)[C@H]2OC(C)=O)[C@@H]1O[C@@H]1O[C@@H](C)[C@@H](OCc2ccccc2)[C@@H](OCc2ccccc2)[C@@H]1OCc1ccccc1. The maximum atomic E-state index is 15.1. The molecule has 0 unspecified atom stereocenters. The number of benzene rings is 10. The van der Waals surface area contributed by atoms with Crippen LogP contribution in [0.5, 0.6) is 0 Å². The van der Waals surface area contributed by atoms with Gasteiger partial charge in [0.25, 0.3) is 8.32 Å². The highest BCUT2D eigenvalue weighted by Crippen LogP contribution is 2.44. The van der Waals surface area contributed by atoms with Crippen LogP contribution in [-0.4, -0.2) is 230 Å². The topological polar surface area (TPSA) is 312 Å². The zero-order valence-electron chi connectivity index (χ0n) is 86.3. The number of halogens is 2. The standard InChI is InChI=1S/C118H140Cl2N2O27Si/c1-78-100(131-69-86-48-26-14-27-49-86)107(133-71-88-52-30-16-31-53-88)110(135-73-90-56-34-18-35-57-90)115(138-78)146-102-95(76-129-68-85-46-24-13-25-47-85)144-114(99(122-97(127)66-120)105(102)141-82(5)125)149-109-104(140-81(4)124)96(77-137-150(118(7,8)9,92-60-38-20-39-61-92)93-62-40-21-41-63-93)145-117(112(109)142-83(6)126)147-103-94(75-128-67-84-44-22-12-23-45-84)143-113(130-65-43-11-10-42-64-119)98(121-80(3)123)106(103)148-116-111(136-74-91-58-36-19-37-59-91)108(134-72-89-54-32-17-33-55-89)101(79(2)139-116)132-70-87-50-28-15-29-51-87/h12-41,44-63,78-79,94-96,98-117H,10-11,42-43,64-77H2,1-9H3,(H,121,123)(H,122,127)/t78-,79-,94+,95+,96+,98+,99+,100+,101+,102+,103+,104-,105+,106+,107+,108+,109-,110-,111-,112+,113+,114-,115-,116-,117-/m0/s1. The fourth-order valence-electron chi connectivity index (χ4n) is 19.9. The van der Waals surface area contributed by atoms with Gasteiger partial charge in [-0.25, -0.2) is 0 Å². The molecule has 10 aromatic carbocycles. The average Bonchev–Trinajstić information content (AvgIpc) is 0.739. The van der Waals surface area contributed by atoms with Crippen LogP contribution in [0.3, 0.4) is 0 Å². The van der Waals surface area contributed by atoms with E-state index in [2.05, 4.69) is 31.4 Å². The Morgan fingerprint density at radius 1 is 0.300 bits per heavy atom. The van der Waals surface area contributed by atoms with Crippen LogP contribution in [0.2, 0.25) is 5.04 Å². The number of unbranched alkanes of at least 4 members (excludes halogenated alkanes) is 3. The summed E-state index contributed by atoms with van der Waals surface area (Å²) in [5.74, 6) is -4.32. The lowest BCUT2D eigenvalue weighted by molar-refractivity contribution is -0.390. The van der Waals surface area contributed by atoms with Gasteiger partial charge in [-0.05, 0) is 86.6 Å². The van der Waals surface area contributed by atoms with E-state index in [4.69, 9.17) is 127 Å². The molecule has 0 radical (unpaired) electrons.